The molecule has 0 aliphatic rings. The molecule has 0 aliphatic carbocycles. The van der Waals surface area contributed by atoms with Crippen LogP contribution in [0.3, 0.4) is 0 Å². The molecule has 0 amide bonds. The van der Waals surface area contributed by atoms with E-state index in [1.165, 1.54) is 10.9 Å². The fraction of sp³-hybridized carbons (Fsp3) is 0.688. The van der Waals surface area contributed by atoms with E-state index >= 15 is 0 Å². The molecule has 8 heteroatoms. The molecule has 0 aliphatic heterocycles. The number of aromatic nitrogens is 4. The van der Waals surface area contributed by atoms with Crippen LogP contribution in [0.5, 0.6) is 0 Å². The molecule has 2 heterocycles. The number of unbranched alkanes of at least 4 members (excludes halogenated alkanes) is 1. The minimum absolute atomic E-state index is 0.0154. The minimum atomic E-state index is -2.78. The Morgan fingerprint density at radius 3 is 2.75 bits per heavy atom. The van der Waals surface area contributed by atoms with Crippen LogP contribution in [0.15, 0.2) is 15.9 Å². The number of rotatable bonds is 8. The molecule has 24 heavy (non-hydrogen) atoms. The molecule has 2 aromatic rings. The molecule has 2 aromatic heterocycles. The van der Waals surface area contributed by atoms with Crippen molar-refractivity contribution in [2.24, 2.45) is 6.98 Å². The summed E-state index contributed by atoms with van der Waals surface area (Å²) in [6, 6.07) is 0. The van der Waals surface area contributed by atoms with Crippen LogP contribution in [-0.4, -0.2) is 36.0 Å². The van der Waals surface area contributed by atoms with Crippen LogP contribution >= 0.6 is 0 Å². The fourth-order valence-electron chi connectivity index (χ4n) is 2.49. The Hall–Kier alpha value is -1.93. The molecule has 1 N–H and O–H groups in total. The molecule has 0 unspecified atom stereocenters. The lowest BCUT2D eigenvalue weighted by molar-refractivity contribution is 0.0678. The highest BCUT2D eigenvalue weighted by molar-refractivity contribution is 5.69. The highest BCUT2D eigenvalue weighted by Crippen LogP contribution is 2.12. The van der Waals surface area contributed by atoms with E-state index in [1.807, 2.05) is 0 Å². The maximum absolute atomic E-state index is 12.9. The average Bonchev–Trinajstić information content (AvgIpc) is 2.93. The van der Waals surface area contributed by atoms with Gasteiger partial charge in [0.2, 0.25) is 0 Å². The first-order valence-electron chi connectivity index (χ1n) is 9.48. The van der Waals surface area contributed by atoms with Gasteiger partial charge in [0.1, 0.15) is 6.73 Å². The minimum Gasteiger partial charge on any atom is -0.390 e. The number of ether oxygens (including phenoxy) is 1. The molecular weight excluding hydrogens is 312 g/mol. The topological polar surface area (TPSA) is 91.3 Å². The second kappa shape index (κ2) is 7.31. The summed E-state index contributed by atoms with van der Waals surface area (Å²) in [7, 11) is 0. The Balaban J connectivity index is 2.52. The predicted molar refractivity (Wildman–Crippen MR) is 91.0 cm³/mol. The summed E-state index contributed by atoms with van der Waals surface area (Å²) in [5.41, 5.74) is -2.53. The summed E-state index contributed by atoms with van der Waals surface area (Å²) in [6.45, 7) is 2.86. The average molecular weight is 341 g/mol. The van der Waals surface area contributed by atoms with Crippen molar-refractivity contribution >= 4 is 11.2 Å². The van der Waals surface area contributed by atoms with Crippen LogP contribution in [-0.2, 0) is 25.0 Å². The third-order valence-electron chi connectivity index (χ3n) is 3.75. The third kappa shape index (κ3) is 3.93. The third-order valence-corrected chi connectivity index (χ3v) is 3.75. The fourth-order valence-corrected chi connectivity index (χ4v) is 2.49. The van der Waals surface area contributed by atoms with Crippen LogP contribution in [0.1, 0.15) is 44.1 Å². The van der Waals surface area contributed by atoms with Crippen LogP contribution in [0.4, 0.5) is 0 Å². The number of aliphatic hydroxyl groups is 1. The molecule has 0 spiro atoms. The maximum Gasteiger partial charge on any atom is 0.332 e. The summed E-state index contributed by atoms with van der Waals surface area (Å²) in [5, 5.41) is 9.77. The lowest BCUT2D eigenvalue weighted by Gasteiger charge is -2.16. The predicted octanol–water partition coefficient (Wildman–Crippen LogP) is 0.832. The first kappa shape index (κ1) is 14.4. The molecule has 0 aromatic carbocycles. The molecule has 2 rings (SSSR count). The zero-order chi connectivity index (χ0) is 20.4. The molecule has 8 nitrogen and oxygen atoms in total. The summed E-state index contributed by atoms with van der Waals surface area (Å²) in [4.78, 5) is 29.5. The van der Waals surface area contributed by atoms with Crippen molar-refractivity contribution in [1.82, 2.24) is 18.7 Å². The Kier molecular flexibility index (Phi) is 4.39. The Bertz CT molecular complexity index is 906. The van der Waals surface area contributed by atoms with Crippen molar-refractivity contribution in [3.05, 3.63) is 27.2 Å². The standard InChI is InChI=1S/C16H26N4O4/c1-5-24-11-19-10-17-13-12(19)14(21)20(15(22)18(13)4)9-7-6-8-16(2,3)23/h10,23H,5-9,11H2,1-4H3/i4D3. The van der Waals surface area contributed by atoms with Crippen molar-refractivity contribution < 1.29 is 14.0 Å². The van der Waals surface area contributed by atoms with E-state index in [-0.39, 0.29) is 24.4 Å². The molecular formula is C16H26N4O4. The van der Waals surface area contributed by atoms with Crippen molar-refractivity contribution in [3.63, 3.8) is 0 Å². The van der Waals surface area contributed by atoms with Gasteiger partial charge in [-0.15, -0.1) is 0 Å². The molecule has 134 valence electrons. The number of nitrogens with zero attached hydrogens (tertiary/aromatic N) is 4. The van der Waals surface area contributed by atoms with E-state index in [9.17, 15) is 14.7 Å². The monoisotopic (exact) mass is 341 g/mol. The zero-order valence-corrected chi connectivity index (χ0v) is 14.3. The molecule has 0 fully saturated rings. The highest BCUT2D eigenvalue weighted by atomic mass is 16.5. The smallest absolute Gasteiger partial charge is 0.332 e. The lowest BCUT2D eigenvalue weighted by Crippen LogP contribution is -2.39. The summed E-state index contributed by atoms with van der Waals surface area (Å²) in [5.74, 6) is 0. The van der Waals surface area contributed by atoms with E-state index in [2.05, 4.69) is 4.98 Å². The Morgan fingerprint density at radius 2 is 2.12 bits per heavy atom. The largest absolute Gasteiger partial charge is 0.390 e. The van der Waals surface area contributed by atoms with Gasteiger partial charge in [-0.25, -0.2) is 9.78 Å². The van der Waals surface area contributed by atoms with Gasteiger partial charge in [0.05, 0.1) is 11.9 Å². The summed E-state index contributed by atoms with van der Waals surface area (Å²) in [6.07, 6.45) is 2.83. The first-order valence-corrected chi connectivity index (χ1v) is 7.98. The van der Waals surface area contributed by atoms with E-state index < -0.39 is 23.8 Å². The van der Waals surface area contributed by atoms with Crippen LogP contribution in [0.25, 0.3) is 11.2 Å². The first-order chi connectivity index (χ1) is 12.5. The Morgan fingerprint density at radius 1 is 1.38 bits per heavy atom. The SMILES string of the molecule is [2H]C([2H])([2H])n1c(=O)n(CCCCC(C)(C)O)c(=O)c2c1ncn2COCC. The van der Waals surface area contributed by atoms with Gasteiger partial charge in [0.15, 0.2) is 11.2 Å². The van der Waals surface area contributed by atoms with Gasteiger partial charge in [-0.3, -0.25) is 13.9 Å². The molecule has 0 saturated carbocycles. The molecule has 0 radical (unpaired) electrons. The summed E-state index contributed by atoms with van der Waals surface area (Å²) < 4.78 is 31.2. The number of aryl methyl sites for hydroxylation is 1. The zero-order valence-electron chi connectivity index (χ0n) is 17.3. The van der Waals surface area contributed by atoms with Crippen molar-refractivity contribution in [2.75, 3.05) is 6.61 Å². The van der Waals surface area contributed by atoms with Gasteiger partial charge < -0.3 is 14.4 Å². The number of hydrogen-bond acceptors (Lipinski definition) is 5. The number of imidazole rings is 1. The number of fused-ring (bicyclic) bond motifs is 1. The van der Waals surface area contributed by atoms with E-state index in [0.717, 1.165) is 4.57 Å². The van der Waals surface area contributed by atoms with Crippen LogP contribution in [0, 0.1) is 0 Å². The van der Waals surface area contributed by atoms with Gasteiger partial charge in [-0.05, 0) is 40.0 Å². The second-order valence-electron chi connectivity index (χ2n) is 6.35. The highest BCUT2D eigenvalue weighted by Gasteiger charge is 2.16. The summed E-state index contributed by atoms with van der Waals surface area (Å²) >= 11 is 0. The van der Waals surface area contributed by atoms with Gasteiger partial charge in [-0.2, -0.15) is 0 Å². The van der Waals surface area contributed by atoms with Crippen molar-refractivity contribution in [3.8, 4) is 0 Å². The number of hydrogen-bond donors (Lipinski definition) is 1. The van der Waals surface area contributed by atoms with Crippen LogP contribution in [0.2, 0.25) is 0 Å². The van der Waals surface area contributed by atoms with E-state index in [1.54, 1.807) is 20.8 Å². The van der Waals surface area contributed by atoms with E-state index in [4.69, 9.17) is 8.85 Å². The van der Waals surface area contributed by atoms with Crippen LogP contribution < -0.4 is 11.2 Å². The van der Waals surface area contributed by atoms with Crippen molar-refractivity contribution in [2.45, 2.75) is 58.9 Å². The van der Waals surface area contributed by atoms with Gasteiger partial charge in [0.25, 0.3) is 5.56 Å². The van der Waals surface area contributed by atoms with Gasteiger partial charge >= 0.3 is 5.69 Å². The van der Waals surface area contributed by atoms with Gasteiger partial charge in [-0.1, -0.05) is 0 Å². The normalized spacial score (nSPS) is 14.6. The second-order valence-corrected chi connectivity index (χ2v) is 6.35. The van der Waals surface area contributed by atoms with Crippen molar-refractivity contribution in [1.29, 1.82) is 0 Å². The molecule has 0 saturated heterocycles. The van der Waals surface area contributed by atoms with E-state index in [0.29, 0.717) is 30.4 Å². The quantitative estimate of drug-likeness (QED) is 0.718. The van der Waals surface area contributed by atoms with Gasteiger partial charge in [0, 0.05) is 24.2 Å². The maximum atomic E-state index is 12.9. The lowest BCUT2D eigenvalue weighted by atomic mass is 10.0. The Labute approximate surface area is 144 Å². The molecule has 0 atom stereocenters. The molecule has 0 bridgehead atoms.